The lowest BCUT2D eigenvalue weighted by atomic mass is 10.1. The number of pyridine rings is 1. The summed E-state index contributed by atoms with van der Waals surface area (Å²) in [6, 6.07) is 8.95. The number of carbonyl (C=O) groups is 3. The largest absolute Gasteiger partial charge is 0.352 e. The molecular formula is C26H36N6O6S. The van der Waals surface area contributed by atoms with Crippen molar-refractivity contribution in [1.82, 2.24) is 21.2 Å². The lowest BCUT2D eigenvalue weighted by Crippen LogP contribution is -2.41. The summed E-state index contributed by atoms with van der Waals surface area (Å²) in [6.45, 7) is 4.63. The Morgan fingerprint density at radius 3 is 2.31 bits per heavy atom. The first-order chi connectivity index (χ1) is 18.6. The first-order valence-corrected chi connectivity index (χ1v) is 14.2. The molecule has 0 atom stereocenters. The number of hydrogen-bond acceptors (Lipinski definition) is 8. The molecule has 39 heavy (non-hydrogen) atoms. The first-order valence-electron chi connectivity index (χ1n) is 12.7. The van der Waals surface area contributed by atoms with Crippen LogP contribution in [0.2, 0.25) is 0 Å². The molecule has 1 aromatic carbocycles. The Bertz CT molecular complexity index is 1230. The fourth-order valence-electron chi connectivity index (χ4n) is 3.41. The lowest BCUT2D eigenvalue weighted by Gasteiger charge is -2.08. The number of carbonyl (C=O) groups excluding carboxylic acids is 3. The van der Waals surface area contributed by atoms with E-state index in [1.54, 1.807) is 18.2 Å². The van der Waals surface area contributed by atoms with Crippen LogP contribution in [0.25, 0.3) is 0 Å². The van der Waals surface area contributed by atoms with E-state index in [1.165, 1.54) is 30.6 Å². The minimum absolute atomic E-state index is 0.195. The van der Waals surface area contributed by atoms with Gasteiger partial charge in [-0.3, -0.25) is 35.2 Å². The zero-order valence-corrected chi connectivity index (χ0v) is 23.0. The molecule has 212 valence electrons. The topological polar surface area (TPSA) is 179 Å². The molecule has 5 N–H and O–H groups in total. The minimum Gasteiger partial charge on any atom is -0.352 e. The number of unbranched alkanes of at least 4 members (excludes halogenated alkanes) is 2. The molecule has 13 heteroatoms. The highest BCUT2D eigenvalue weighted by Gasteiger charge is 2.13. The molecule has 0 bridgehead atoms. The van der Waals surface area contributed by atoms with Crippen LogP contribution in [0.5, 0.6) is 0 Å². The van der Waals surface area contributed by atoms with Gasteiger partial charge in [0, 0.05) is 31.1 Å². The fourth-order valence-corrected chi connectivity index (χ4v) is 4.08. The van der Waals surface area contributed by atoms with Crippen LogP contribution in [-0.2, 0) is 19.7 Å². The molecule has 0 aliphatic rings. The highest BCUT2D eigenvalue weighted by Crippen LogP contribution is 2.13. The molecule has 1 heterocycles. The maximum Gasteiger partial charge on any atom is 0.295 e. The molecular weight excluding hydrogens is 524 g/mol. The van der Waals surface area contributed by atoms with E-state index in [0.717, 1.165) is 19.3 Å². The van der Waals surface area contributed by atoms with E-state index >= 15 is 0 Å². The number of hydrogen-bond donors (Lipinski definition) is 5. The van der Waals surface area contributed by atoms with Crippen LogP contribution in [0, 0.1) is 5.92 Å². The van der Waals surface area contributed by atoms with Gasteiger partial charge in [0.05, 0.1) is 11.8 Å². The number of hydrazone groups is 1. The minimum atomic E-state index is -4.38. The van der Waals surface area contributed by atoms with Gasteiger partial charge in [0.25, 0.3) is 16.0 Å². The van der Waals surface area contributed by atoms with Crippen molar-refractivity contribution < 1.29 is 27.4 Å². The Labute approximate surface area is 228 Å². The van der Waals surface area contributed by atoms with E-state index in [9.17, 15) is 27.4 Å². The molecule has 0 aliphatic carbocycles. The summed E-state index contributed by atoms with van der Waals surface area (Å²) < 4.78 is 32.1. The van der Waals surface area contributed by atoms with Gasteiger partial charge in [-0.2, -0.15) is 13.5 Å². The maximum absolute atomic E-state index is 12.3. The second-order valence-electron chi connectivity index (χ2n) is 9.26. The van der Waals surface area contributed by atoms with Gasteiger partial charge in [-0.05, 0) is 43.4 Å². The molecule has 3 amide bonds. The molecule has 2 rings (SSSR count). The van der Waals surface area contributed by atoms with Crippen LogP contribution in [0.1, 0.15) is 74.7 Å². The zero-order chi connectivity index (χ0) is 28.7. The number of rotatable bonds is 15. The summed E-state index contributed by atoms with van der Waals surface area (Å²) in [5.41, 5.74) is 8.03. The van der Waals surface area contributed by atoms with Crippen molar-refractivity contribution >= 4 is 39.9 Å². The van der Waals surface area contributed by atoms with Crippen molar-refractivity contribution in [1.29, 1.82) is 0 Å². The van der Waals surface area contributed by atoms with Gasteiger partial charge in [-0.1, -0.05) is 44.9 Å². The van der Waals surface area contributed by atoms with E-state index in [4.69, 9.17) is 0 Å². The van der Waals surface area contributed by atoms with Crippen LogP contribution >= 0.6 is 0 Å². The maximum atomic E-state index is 12.3. The number of nitrogens with zero attached hydrogens (tertiary/aromatic N) is 2. The average Bonchev–Trinajstić information content (AvgIpc) is 2.89. The van der Waals surface area contributed by atoms with Crippen molar-refractivity contribution in [2.45, 2.75) is 63.7 Å². The summed E-state index contributed by atoms with van der Waals surface area (Å²) in [7, 11) is -4.38. The van der Waals surface area contributed by atoms with Gasteiger partial charge in [0.15, 0.2) is 0 Å². The fraction of sp³-hybridized carbons (Fsp3) is 0.423. The summed E-state index contributed by atoms with van der Waals surface area (Å²) >= 11 is 0. The molecule has 0 saturated carbocycles. The highest BCUT2D eigenvalue weighted by molar-refractivity contribution is 7.86. The van der Waals surface area contributed by atoms with Crippen LogP contribution in [0.3, 0.4) is 0 Å². The molecule has 0 fully saturated rings. The molecule has 0 spiro atoms. The van der Waals surface area contributed by atoms with Crippen LogP contribution in [-0.4, -0.2) is 48.4 Å². The van der Waals surface area contributed by atoms with Crippen molar-refractivity contribution in [2.24, 2.45) is 11.0 Å². The third-order valence-corrected chi connectivity index (χ3v) is 6.43. The summed E-state index contributed by atoms with van der Waals surface area (Å²) in [5.74, 6) is 0.134. The number of amides is 3. The summed E-state index contributed by atoms with van der Waals surface area (Å²) in [6.07, 6.45) is 7.07. The standard InChI is InChI=1S/C26H36N6O6S/c1-19(2)9-8-13-25(34)32-31-24(33)12-4-3-7-16-27-26(35)21-14-15-23(28-17-21)30-29-18-20-10-5-6-11-22(20)39(36,37)38/h5-6,10-11,14-15,17-19H,3-4,7-9,12-13,16H2,1-2H3,(H,27,35)(H,28,30)(H,31,33)(H,32,34)(H,36,37,38)/b29-18+. The van der Waals surface area contributed by atoms with Crippen LogP contribution in [0.4, 0.5) is 5.82 Å². The monoisotopic (exact) mass is 560 g/mol. The van der Waals surface area contributed by atoms with Gasteiger partial charge in [0.2, 0.25) is 11.8 Å². The quantitative estimate of drug-likeness (QED) is 0.0954. The third kappa shape index (κ3) is 12.5. The van der Waals surface area contributed by atoms with E-state index in [-0.39, 0.29) is 34.6 Å². The van der Waals surface area contributed by atoms with Gasteiger partial charge in [-0.25, -0.2) is 4.98 Å². The van der Waals surface area contributed by atoms with Crippen molar-refractivity contribution in [2.75, 3.05) is 12.0 Å². The molecule has 1 aromatic heterocycles. The number of anilines is 1. The molecule has 2 aromatic rings. The van der Waals surface area contributed by atoms with Crippen molar-refractivity contribution in [3.63, 3.8) is 0 Å². The molecule has 0 unspecified atom stereocenters. The van der Waals surface area contributed by atoms with Crippen molar-refractivity contribution in [3.05, 3.63) is 53.7 Å². The molecule has 0 aliphatic heterocycles. The molecule has 0 saturated heterocycles. The second-order valence-corrected chi connectivity index (χ2v) is 10.7. The molecule has 12 nitrogen and oxygen atoms in total. The Kier molecular flexibility index (Phi) is 13.0. The SMILES string of the molecule is CC(C)CCCC(=O)NNC(=O)CCCCCNC(=O)c1ccc(N/N=C/c2ccccc2S(=O)(=O)O)nc1. The van der Waals surface area contributed by atoms with E-state index < -0.39 is 10.1 Å². The first kappa shape index (κ1) is 31.4. The predicted octanol–water partition coefficient (Wildman–Crippen LogP) is 3.04. The van der Waals surface area contributed by atoms with Gasteiger partial charge in [0.1, 0.15) is 10.7 Å². The second kappa shape index (κ2) is 16.2. The van der Waals surface area contributed by atoms with E-state index in [0.29, 0.717) is 43.1 Å². The smallest absolute Gasteiger partial charge is 0.295 e. The molecule has 0 radical (unpaired) electrons. The predicted molar refractivity (Wildman–Crippen MR) is 147 cm³/mol. The Morgan fingerprint density at radius 1 is 0.974 bits per heavy atom. The Hall–Kier alpha value is -3.84. The lowest BCUT2D eigenvalue weighted by molar-refractivity contribution is -0.129. The zero-order valence-electron chi connectivity index (χ0n) is 22.1. The number of nitrogens with one attached hydrogen (secondary N) is 4. The summed E-state index contributed by atoms with van der Waals surface area (Å²) in [5, 5.41) is 6.72. The average molecular weight is 561 g/mol. The van der Waals surface area contributed by atoms with Crippen LogP contribution in [0.15, 0.2) is 52.6 Å². The normalized spacial score (nSPS) is 11.4. The van der Waals surface area contributed by atoms with Crippen molar-refractivity contribution in [3.8, 4) is 0 Å². The van der Waals surface area contributed by atoms with E-state index in [2.05, 4.69) is 45.5 Å². The number of aromatic nitrogens is 1. The third-order valence-electron chi connectivity index (χ3n) is 5.50. The number of hydrazine groups is 1. The Morgan fingerprint density at radius 2 is 1.67 bits per heavy atom. The van der Waals surface area contributed by atoms with Crippen LogP contribution < -0.4 is 21.6 Å². The Balaban J connectivity index is 1.63. The summed E-state index contributed by atoms with van der Waals surface area (Å²) in [4.78, 5) is 39.6. The van der Waals surface area contributed by atoms with Gasteiger partial charge in [-0.15, -0.1) is 0 Å². The number of benzene rings is 1. The van der Waals surface area contributed by atoms with Gasteiger partial charge < -0.3 is 5.32 Å². The van der Waals surface area contributed by atoms with E-state index in [1.807, 2.05) is 0 Å². The van der Waals surface area contributed by atoms with Gasteiger partial charge >= 0.3 is 0 Å². The highest BCUT2D eigenvalue weighted by atomic mass is 32.2.